The van der Waals surface area contributed by atoms with Gasteiger partial charge in [-0.1, -0.05) is 11.6 Å². The average molecular weight is 331 g/mol. The van der Waals surface area contributed by atoms with Crippen LogP contribution in [0.5, 0.6) is 17.2 Å². The van der Waals surface area contributed by atoms with Crippen LogP contribution >= 0.6 is 11.6 Å². The fraction of sp³-hybridized carbons (Fsp3) is 0.133. The van der Waals surface area contributed by atoms with Gasteiger partial charge in [-0.05, 0) is 36.4 Å². The standard InChI is InChI=1S/C15H10ClF3O3/c1-21-14-6-9(8-20)2-5-13(14)22-10-3-4-12(16)11(7-10)15(17,18)19/h2-8H,1H3. The van der Waals surface area contributed by atoms with Gasteiger partial charge in [-0.2, -0.15) is 13.2 Å². The van der Waals surface area contributed by atoms with Gasteiger partial charge >= 0.3 is 6.18 Å². The fourth-order valence-corrected chi connectivity index (χ4v) is 1.98. The molecule has 0 bridgehead atoms. The monoisotopic (exact) mass is 330 g/mol. The third-order valence-electron chi connectivity index (χ3n) is 2.79. The summed E-state index contributed by atoms with van der Waals surface area (Å²) in [6.07, 6.45) is -3.96. The summed E-state index contributed by atoms with van der Waals surface area (Å²) in [5, 5.41) is -0.414. The number of aldehydes is 1. The van der Waals surface area contributed by atoms with Crippen molar-refractivity contribution in [1.29, 1.82) is 0 Å². The van der Waals surface area contributed by atoms with Crippen molar-refractivity contribution in [2.24, 2.45) is 0 Å². The van der Waals surface area contributed by atoms with Crippen molar-refractivity contribution in [3.05, 3.63) is 52.5 Å². The lowest BCUT2D eigenvalue weighted by molar-refractivity contribution is -0.137. The number of methoxy groups -OCH3 is 1. The highest BCUT2D eigenvalue weighted by Gasteiger charge is 2.33. The molecule has 0 atom stereocenters. The van der Waals surface area contributed by atoms with Crippen LogP contribution < -0.4 is 9.47 Å². The van der Waals surface area contributed by atoms with E-state index in [1.54, 1.807) is 0 Å². The molecule has 0 heterocycles. The van der Waals surface area contributed by atoms with Crippen molar-refractivity contribution in [2.75, 3.05) is 7.11 Å². The Hall–Kier alpha value is -2.21. The molecule has 0 saturated heterocycles. The van der Waals surface area contributed by atoms with Crippen LogP contribution in [-0.4, -0.2) is 13.4 Å². The Labute approximate surface area is 129 Å². The van der Waals surface area contributed by atoms with Crippen LogP contribution in [0.1, 0.15) is 15.9 Å². The van der Waals surface area contributed by atoms with E-state index >= 15 is 0 Å². The molecular weight excluding hydrogens is 321 g/mol. The third-order valence-corrected chi connectivity index (χ3v) is 3.12. The van der Waals surface area contributed by atoms with E-state index in [0.29, 0.717) is 11.8 Å². The van der Waals surface area contributed by atoms with E-state index in [1.165, 1.54) is 31.4 Å². The van der Waals surface area contributed by atoms with Crippen LogP contribution in [0.25, 0.3) is 0 Å². The van der Waals surface area contributed by atoms with Gasteiger partial charge in [0.15, 0.2) is 11.5 Å². The second-order valence-electron chi connectivity index (χ2n) is 4.27. The fourth-order valence-electron chi connectivity index (χ4n) is 1.75. The first kappa shape index (κ1) is 16.2. The molecule has 0 aromatic heterocycles. The topological polar surface area (TPSA) is 35.5 Å². The summed E-state index contributed by atoms with van der Waals surface area (Å²) in [6, 6.07) is 7.53. The Morgan fingerprint density at radius 2 is 1.82 bits per heavy atom. The van der Waals surface area contributed by atoms with Crippen molar-refractivity contribution in [3.63, 3.8) is 0 Å². The van der Waals surface area contributed by atoms with Crippen molar-refractivity contribution >= 4 is 17.9 Å². The van der Waals surface area contributed by atoms with Crippen LogP contribution in [0.4, 0.5) is 13.2 Å². The lowest BCUT2D eigenvalue weighted by Gasteiger charge is -2.13. The van der Waals surface area contributed by atoms with Gasteiger partial charge in [0, 0.05) is 5.56 Å². The third kappa shape index (κ3) is 3.51. The minimum absolute atomic E-state index is 0.0473. The van der Waals surface area contributed by atoms with Gasteiger partial charge in [-0.3, -0.25) is 4.79 Å². The predicted octanol–water partition coefficient (Wildman–Crippen LogP) is 4.97. The van der Waals surface area contributed by atoms with Gasteiger partial charge in [-0.15, -0.1) is 0 Å². The number of rotatable bonds is 4. The quantitative estimate of drug-likeness (QED) is 0.742. The smallest absolute Gasteiger partial charge is 0.417 e. The van der Waals surface area contributed by atoms with Crippen LogP contribution in [0, 0.1) is 0 Å². The number of halogens is 4. The molecule has 0 N–H and O–H groups in total. The summed E-state index contributed by atoms with van der Waals surface area (Å²) in [7, 11) is 1.36. The molecule has 2 aromatic rings. The Morgan fingerprint density at radius 1 is 1.09 bits per heavy atom. The second kappa shape index (κ2) is 6.27. The Kier molecular flexibility index (Phi) is 4.61. The summed E-state index contributed by atoms with van der Waals surface area (Å²) in [5.74, 6) is 0.366. The maximum absolute atomic E-state index is 12.8. The van der Waals surface area contributed by atoms with Gasteiger partial charge in [0.1, 0.15) is 12.0 Å². The van der Waals surface area contributed by atoms with Gasteiger partial charge in [0.2, 0.25) is 0 Å². The van der Waals surface area contributed by atoms with Crippen molar-refractivity contribution in [3.8, 4) is 17.2 Å². The van der Waals surface area contributed by atoms with E-state index in [-0.39, 0.29) is 17.2 Å². The number of carbonyl (C=O) groups is 1. The number of alkyl halides is 3. The van der Waals surface area contributed by atoms with Gasteiger partial charge in [-0.25, -0.2) is 0 Å². The van der Waals surface area contributed by atoms with E-state index in [4.69, 9.17) is 21.1 Å². The highest BCUT2D eigenvalue weighted by Crippen LogP contribution is 2.39. The summed E-state index contributed by atoms with van der Waals surface area (Å²) in [4.78, 5) is 10.7. The number of carbonyl (C=O) groups excluding carboxylic acids is 1. The van der Waals surface area contributed by atoms with Gasteiger partial charge < -0.3 is 9.47 Å². The Morgan fingerprint density at radius 3 is 2.41 bits per heavy atom. The largest absolute Gasteiger partial charge is 0.493 e. The summed E-state index contributed by atoms with van der Waals surface area (Å²) < 4.78 is 48.9. The van der Waals surface area contributed by atoms with Crippen LogP contribution in [0.2, 0.25) is 5.02 Å². The molecule has 3 nitrogen and oxygen atoms in total. The molecule has 0 spiro atoms. The zero-order chi connectivity index (χ0) is 16.3. The molecule has 0 fully saturated rings. The van der Waals surface area contributed by atoms with E-state index in [1.807, 2.05) is 0 Å². The molecule has 22 heavy (non-hydrogen) atoms. The Balaban J connectivity index is 2.37. The SMILES string of the molecule is COc1cc(C=O)ccc1Oc1ccc(Cl)c(C(F)(F)F)c1. The molecular formula is C15H10ClF3O3. The lowest BCUT2D eigenvalue weighted by atomic mass is 10.2. The van der Waals surface area contributed by atoms with Crippen molar-refractivity contribution in [1.82, 2.24) is 0 Å². The van der Waals surface area contributed by atoms with E-state index < -0.39 is 16.8 Å². The highest BCUT2D eigenvalue weighted by molar-refractivity contribution is 6.31. The molecule has 0 aliphatic carbocycles. The summed E-state index contributed by atoms with van der Waals surface area (Å²) >= 11 is 5.54. The van der Waals surface area contributed by atoms with Crippen LogP contribution in [0.15, 0.2) is 36.4 Å². The highest BCUT2D eigenvalue weighted by atomic mass is 35.5. The first-order valence-corrected chi connectivity index (χ1v) is 6.40. The first-order chi connectivity index (χ1) is 10.3. The summed E-state index contributed by atoms with van der Waals surface area (Å²) in [6.45, 7) is 0. The maximum Gasteiger partial charge on any atom is 0.417 e. The second-order valence-corrected chi connectivity index (χ2v) is 4.68. The zero-order valence-electron chi connectivity index (χ0n) is 11.3. The predicted molar refractivity (Wildman–Crippen MR) is 74.9 cm³/mol. The molecule has 2 rings (SSSR count). The average Bonchev–Trinajstić information content (AvgIpc) is 2.48. The number of ether oxygens (including phenoxy) is 2. The number of benzene rings is 2. The summed E-state index contributed by atoms with van der Waals surface area (Å²) in [5.41, 5.74) is -0.633. The van der Waals surface area contributed by atoms with E-state index in [9.17, 15) is 18.0 Å². The number of hydrogen-bond acceptors (Lipinski definition) is 3. The lowest BCUT2D eigenvalue weighted by Crippen LogP contribution is -2.06. The maximum atomic E-state index is 12.8. The molecule has 0 radical (unpaired) electrons. The molecule has 0 amide bonds. The minimum atomic E-state index is -4.58. The van der Waals surface area contributed by atoms with E-state index in [0.717, 1.165) is 12.1 Å². The number of hydrogen-bond donors (Lipinski definition) is 0. The molecule has 2 aromatic carbocycles. The van der Waals surface area contributed by atoms with Gasteiger partial charge in [0.05, 0.1) is 17.7 Å². The van der Waals surface area contributed by atoms with Crippen LogP contribution in [0.3, 0.4) is 0 Å². The normalized spacial score (nSPS) is 11.1. The molecule has 0 saturated carbocycles. The van der Waals surface area contributed by atoms with Gasteiger partial charge in [0.25, 0.3) is 0 Å². The van der Waals surface area contributed by atoms with Crippen LogP contribution in [-0.2, 0) is 6.18 Å². The van der Waals surface area contributed by atoms with E-state index in [2.05, 4.69) is 0 Å². The van der Waals surface area contributed by atoms with Crippen molar-refractivity contribution in [2.45, 2.75) is 6.18 Å². The molecule has 7 heteroatoms. The molecule has 0 aliphatic heterocycles. The van der Waals surface area contributed by atoms with Crippen molar-refractivity contribution < 1.29 is 27.4 Å². The molecule has 0 unspecified atom stereocenters. The molecule has 116 valence electrons. The molecule has 0 aliphatic rings. The zero-order valence-corrected chi connectivity index (χ0v) is 12.0. The minimum Gasteiger partial charge on any atom is -0.493 e. The first-order valence-electron chi connectivity index (χ1n) is 6.03. The Bertz CT molecular complexity index is 699.